The maximum Gasteiger partial charge on any atom is 0.256 e. The number of hydrogen-bond acceptors (Lipinski definition) is 6. The SMILES string of the molecule is CCN(CC)C(=O)CSc1nc(NC(=O)c2ccccc2)c2c(C)c(C)oc2n1. The van der Waals surface area contributed by atoms with E-state index in [4.69, 9.17) is 4.42 Å². The topological polar surface area (TPSA) is 88.3 Å². The van der Waals surface area contributed by atoms with Gasteiger partial charge in [-0.25, -0.2) is 4.98 Å². The molecule has 0 aliphatic rings. The minimum Gasteiger partial charge on any atom is -0.443 e. The molecule has 3 rings (SSSR count). The van der Waals surface area contributed by atoms with Crippen molar-refractivity contribution in [3.8, 4) is 0 Å². The smallest absolute Gasteiger partial charge is 0.256 e. The largest absolute Gasteiger partial charge is 0.443 e. The van der Waals surface area contributed by atoms with Crippen molar-refractivity contribution in [2.45, 2.75) is 32.9 Å². The molecular formula is C21H24N4O3S. The summed E-state index contributed by atoms with van der Waals surface area (Å²) in [6, 6.07) is 8.93. The normalized spacial score (nSPS) is 10.9. The lowest BCUT2D eigenvalue weighted by atomic mass is 10.2. The summed E-state index contributed by atoms with van der Waals surface area (Å²) in [5.41, 5.74) is 1.80. The van der Waals surface area contributed by atoms with Gasteiger partial charge in [0.1, 0.15) is 11.6 Å². The highest BCUT2D eigenvalue weighted by atomic mass is 32.2. The maximum absolute atomic E-state index is 12.7. The molecule has 29 heavy (non-hydrogen) atoms. The molecule has 0 spiro atoms. The number of anilines is 1. The summed E-state index contributed by atoms with van der Waals surface area (Å²) < 4.78 is 5.75. The van der Waals surface area contributed by atoms with E-state index in [2.05, 4.69) is 15.3 Å². The van der Waals surface area contributed by atoms with Gasteiger partial charge in [-0.3, -0.25) is 9.59 Å². The first-order valence-electron chi connectivity index (χ1n) is 9.49. The van der Waals surface area contributed by atoms with Gasteiger partial charge in [-0.2, -0.15) is 4.98 Å². The van der Waals surface area contributed by atoms with Gasteiger partial charge in [0.2, 0.25) is 11.6 Å². The average Bonchev–Trinajstić information content (AvgIpc) is 3.01. The highest BCUT2D eigenvalue weighted by molar-refractivity contribution is 7.99. The van der Waals surface area contributed by atoms with E-state index in [1.54, 1.807) is 29.2 Å². The molecule has 2 heterocycles. The quantitative estimate of drug-likeness (QED) is 0.465. The van der Waals surface area contributed by atoms with Crippen molar-refractivity contribution in [1.29, 1.82) is 0 Å². The maximum atomic E-state index is 12.7. The number of fused-ring (bicyclic) bond motifs is 1. The molecule has 0 aliphatic heterocycles. The van der Waals surface area contributed by atoms with E-state index in [1.165, 1.54) is 11.8 Å². The van der Waals surface area contributed by atoms with Crippen molar-refractivity contribution >= 4 is 40.5 Å². The van der Waals surface area contributed by atoms with Crippen molar-refractivity contribution in [1.82, 2.24) is 14.9 Å². The Hall–Kier alpha value is -2.87. The molecule has 2 amide bonds. The third kappa shape index (κ3) is 4.59. The fourth-order valence-corrected chi connectivity index (χ4v) is 3.69. The summed E-state index contributed by atoms with van der Waals surface area (Å²) in [6.07, 6.45) is 0. The molecule has 152 valence electrons. The molecule has 0 bridgehead atoms. The van der Waals surface area contributed by atoms with Gasteiger partial charge in [-0.1, -0.05) is 30.0 Å². The Kier molecular flexibility index (Phi) is 6.53. The van der Waals surface area contributed by atoms with Gasteiger partial charge in [0, 0.05) is 24.2 Å². The predicted molar refractivity (Wildman–Crippen MR) is 114 cm³/mol. The van der Waals surface area contributed by atoms with Crippen molar-refractivity contribution in [3.05, 3.63) is 47.2 Å². The van der Waals surface area contributed by atoms with Gasteiger partial charge in [-0.15, -0.1) is 0 Å². The highest BCUT2D eigenvalue weighted by Crippen LogP contribution is 2.31. The first-order valence-corrected chi connectivity index (χ1v) is 10.5. The van der Waals surface area contributed by atoms with Crippen LogP contribution < -0.4 is 5.32 Å². The van der Waals surface area contributed by atoms with Crippen LogP contribution in [0.5, 0.6) is 0 Å². The Bertz CT molecular complexity index is 1030. The molecule has 0 unspecified atom stereocenters. The third-order valence-corrected chi connectivity index (χ3v) is 5.55. The second kappa shape index (κ2) is 9.09. The van der Waals surface area contributed by atoms with E-state index in [-0.39, 0.29) is 17.6 Å². The molecule has 0 saturated carbocycles. The molecule has 0 atom stereocenters. The molecule has 0 radical (unpaired) electrons. The fourth-order valence-electron chi connectivity index (χ4n) is 2.95. The van der Waals surface area contributed by atoms with Crippen LogP contribution in [0.1, 0.15) is 35.5 Å². The zero-order chi connectivity index (χ0) is 21.0. The lowest BCUT2D eigenvalue weighted by Crippen LogP contribution is -2.31. The number of amides is 2. The first-order chi connectivity index (χ1) is 13.9. The Morgan fingerprint density at radius 2 is 1.79 bits per heavy atom. The number of carbonyl (C=O) groups excluding carboxylic acids is 2. The van der Waals surface area contributed by atoms with Crippen LogP contribution in [0.2, 0.25) is 0 Å². The van der Waals surface area contributed by atoms with Crippen LogP contribution in [0.3, 0.4) is 0 Å². The minimum absolute atomic E-state index is 0.0189. The molecule has 1 aromatic carbocycles. The predicted octanol–water partition coefficient (Wildman–Crippen LogP) is 4.05. The number of carbonyl (C=O) groups is 2. The van der Waals surface area contributed by atoms with Crippen LogP contribution in [0.15, 0.2) is 39.9 Å². The van der Waals surface area contributed by atoms with Gasteiger partial charge in [-0.05, 0) is 39.8 Å². The van der Waals surface area contributed by atoms with E-state index in [0.29, 0.717) is 46.5 Å². The van der Waals surface area contributed by atoms with Crippen molar-refractivity contribution < 1.29 is 14.0 Å². The Morgan fingerprint density at radius 1 is 1.10 bits per heavy atom. The number of benzene rings is 1. The van der Waals surface area contributed by atoms with Gasteiger partial charge >= 0.3 is 0 Å². The number of furan rings is 1. The highest BCUT2D eigenvalue weighted by Gasteiger charge is 2.19. The Morgan fingerprint density at radius 3 is 2.45 bits per heavy atom. The van der Waals surface area contributed by atoms with E-state index in [9.17, 15) is 9.59 Å². The van der Waals surface area contributed by atoms with Gasteiger partial charge in [0.25, 0.3) is 5.91 Å². The molecular weight excluding hydrogens is 388 g/mol. The lowest BCUT2D eigenvalue weighted by Gasteiger charge is -2.17. The van der Waals surface area contributed by atoms with Crippen molar-refractivity contribution in [2.75, 3.05) is 24.2 Å². The van der Waals surface area contributed by atoms with Crippen LogP contribution >= 0.6 is 11.8 Å². The summed E-state index contributed by atoms with van der Waals surface area (Å²) >= 11 is 1.23. The zero-order valence-corrected chi connectivity index (χ0v) is 17.8. The van der Waals surface area contributed by atoms with Crippen LogP contribution in [0, 0.1) is 13.8 Å². The van der Waals surface area contributed by atoms with Crippen molar-refractivity contribution in [2.24, 2.45) is 0 Å². The summed E-state index contributed by atoms with van der Waals surface area (Å²) in [5.74, 6) is 1.07. The monoisotopic (exact) mass is 412 g/mol. The van der Waals surface area contributed by atoms with E-state index < -0.39 is 0 Å². The van der Waals surface area contributed by atoms with E-state index >= 15 is 0 Å². The number of thioether (sulfide) groups is 1. The molecule has 3 aromatic rings. The number of rotatable bonds is 7. The van der Waals surface area contributed by atoms with E-state index in [0.717, 1.165) is 5.56 Å². The second-order valence-corrected chi connectivity index (χ2v) is 7.44. The first kappa shape index (κ1) is 20.9. The number of hydrogen-bond donors (Lipinski definition) is 1. The van der Waals surface area contributed by atoms with Crippen LogP contribution in [0.25, 0.3) is 11.1 Å². The summed E-state index contributed by atoms with van der Waals surface area (Å²) in [6.45, 7) is 8.95. The Balaban J connectivity index is 1.91. The molecule has 1 N–H and O–H groups in total. The number of aryl methyl sites for hydroxylation is 2. The average molecular weight is 413 g/mol. The molecule has 8 heteroatoms. The van der Waals surface area contributed by atoms with Gasteiger partial charge in [0.05, 0.1) is 11.1 Å². The molecule has 7 nitrogen and oxygen atoms in total. The third-order valence-electron chi connectivity index (χ3n) is 4.72. The summed E-state index contributed by atoms with van der Waals surface area (Å²) in [4.78, 5) is 35.7. The van der Waals surface area contributed by atoms with Crippen molar-refractivity contribution in [3.63, 3.8) is 0 Å². The minimum atomic E-state index is -0.265. The van der Waals surface area contributed by atoms with Gasteiger partial charge in [0.15, 0.2) is 5.16 Å². The Labute approximate surface area is 173 Å². The molecule has 0 saturated heterocycles. The van der Waals surface area contributed by atoms with Crippen LogP contribution in [-0.2, 0) is 4.79 Å². The second-order valence-electron chi connectivity index (χ2n) is 6.49. The molecule has 2 aromatic heterocycles. The summed E-state index contributed by atoms with van der Waals surface area (Å²) in [5, 5.41) is 3.93. The van der Waals surface area contributed by atoms with Crippen LogP contribution in [0.4, 0.5) is 5.82 Å². The number of aromatic nitrogens is 2. The zero-order valence-electron chi connectivity index (χ0n) is 17.0. The van der Waals surface area contributed by atoms with Gasteiger partial charge < -0.3 is 14.6 Å². The molecule has 0 aliphatic carbocycles. The standard InChI is InChI=1S/C21H24N4O3S/c1-5-25(6-2)16(26)12-29-21-23-18(17-13(3)14(4)28-20(17)24-21)22-19(27)15-10-8-7-9-11-15/h7-11H,5-6,12H2,1-4H3,(H,22,23,24,27). The summed E-state index contributed by atoms with van der Waals surface area (Å²) in [7, 11) is 0. The molecule has 0 fully saturated rings. The van der Waals surface area contributed by atoms with E-state index in [1.807, 2.05) is 33.8 Å². The number of nitrogens with one attached hydrogen (secondary N) is 1. The lowest BCUT2D eigenvalue weighted by molar-refractivity contribution is -0.127. The number of nitrogens with zero attached hydrogens (tertiary/aromatic N) is 3. The van der Waals surface area contributed by atoms with Crippen LogP contribution in [-0.4, -0.2) is 45.5 Å². The fraction of sp³-hybridized carbons (Fsp3) is 0.333.